The van der Waals surface area contributed by atoms with Crippen molar-refractivity contribution in [2.75, 3.05) is 0 Å². The summed E-state index contributed by atoms with van der Waals surface area (Å²) in [7, 11) is 1.40. The van der Waals surface area contributed by atoms with Crippen LogP contribution in [0.2, 0.25) is 0 Å². The molecule has 34 heavy (non-hydrogen) atoms. The molecule has 1 N–H and O–H groups in total. The molecule has 4 rings (SSSR count). The van der Waals surface area contributed by atoms with Crippen LogP contribution in [0.5, 0.6) is 11.5 Å². The van der Waals surface area contributed by atoms with Gasteiger partial charge in [0.1, 0.15) is 17.1 Å². The molecule has 4 aromatic rings. The molecular formula is C23H18F4N4O3. The Morgan fingerprint density at radius 1 is 1.09 bits per heavy atom. The second kappa shape index (κ2) is 8.65. The van der Waals surface area contributed by atoms with Crippen LogP contribution in [0, 0.1) is 12.7 Å². The summed E-state index contributed by atoms with van der Waals surface area (Å²) in [5.74, 6) is -1.90. The van der Waals surface area contributed by atoms with Crippen molar-refractivity contribution in [3.05, 3.63) is 98.3 Å². The lowest BCUT2D eigenvalue weighted by Crippen LogP contribution is -2.26. The first-order valence-corrected chi connectivity index (χ1v) is 10.00. The van der Waals surface area contributed by atoms with Gasteiger partial charge in [0, 0.05) is 24.9 Å². The summed E-state index contributed by atoms with van der Waals surface area (Å²) >= 11 is 0. The van der Waals surface area contributed by atoms with Crippen LogP contribution in [0.25, 0.3) is 11.1 Å². The van der Waals surface area contributed by atoms with Crippen LogP contribution in [0.4, 0.5) is 17.6 Å². The van der Waals surface area contributed by atoms with E-state index in [0.29, 0.717) is 11.6 Å². The van der Waals surface area contributed by atoms with E-state index in [0.717, 1.165) is 27.0 Å². The highest BCUT2D eigenvalue weighted by Gasteiger charge is 2.36. The van der Waals surface area contributed by atoms with Crippen LogP contribution >= 0.6 is 0 Å². The van der Waals surface area contributed by atoms with Crippen molar-refractivity contribution in [3.8, 4) is 22.6 Å². The average Bonchev–Trinajstić information content (AvgIpc) is 3.08. The Labute approximate surface area is 189 Å². The van der Waals surface area contributed by atoms with Gasteiger partial charge in [0.05, 0.1) is 6.54 Å². The van der Waals surface area contributed by atoms with Gasteiger partial charge in [-0.1, -0.05) is 29.8 Å². The second-order valence-electron chi connectivity index (χ2n) is 7.61. The van der Waals surface area contributed by atoms with Gasteiger partial charge in [-0.3, -0.25) is 9.36 Å². The topological polar surface area (TPSA) is 81.9 Å². The van der Waals surface area contributed by atoms with Crippen molar-refractivity contribution >= 4 is 0 Å². The smallest absolute Gasteiger partial charge is 0.420 e. The van der Waals surface area contributed by atoms with Gasteiger partial charge in [0.25, 0.3) is 5.56 Å². The minimum Gasteiger partial charge on any atom is -0.451 e. The Morgan fingerprint density at radius 3 is 2.47 bits per heavy atom. The molecule has 0 fully saturated rings. The standard InChI is InChI=1S/C23H18F4N4O3/c1-13-4-3-5-14(10-13)16-7-6-15(11-18(16)24)34-20-17(23(25,26)27)8-9-31(21(20)32)12-19-28-29-22(33)30(19)2/h3-11H,12H2,1-2H3,(H,29,33). The minimum absolute atomic E-state index is 0.117. The summed E-state index contributed by atoms with van der Waals surface area (Å²) in [4.78, 5) is 24.4. The van der Waals surface area contributed by atoms with Gasteiger partial charge in [-0.15, -0.1) is 0 Å². The van der Waals surface area contributed by atoms with Crippen molar-refractivity contribution in [1.82, 2.24) is 19.3 Å². The first-order chi connectivity index (χ1) is 16.0. The predicted octanol–water partition coefficient (Wildman–Crippen LogP) is 4.24. The number of aryl methyl sites for hydroxylation is 1. The van der Waals surface area contributed by atoms with Crippen LogP contribution in [0.3, 0.4) is 0 Å². The lowest BCUT2D eigenvalue weighted by atomic mass is 10.0. The van der Waals surface area contributed by atoms with Crippen LogP contribution in [0.1, 0.15) is 17.0 Å². The maximum Gasteiger partial charge on any atom is 0.420 e. The van der Waals surface area contributed by atoms with E-state index in [-0.39, 0.29) is 23.7 Å². The van der Waals surface area contributed by atoms with E-state index in [2.05, 4.69) is 10.2 Å². The molecule has 0 amide bonds. The number of hydrogen-bond donors (Lipinski definition) is 1. The van der Waals surface area contributed by atoms with Gasteiger partial charge in [-0.2, -0.15) is 18.3 Å². The van der Waals surface area contributed by atoms with Crippen molar-refractivity contribution in [3.63, 3.8) is 0 Å². The molecule has 0 saturated heterocycles. The molecule has 0 atom stereocenters. The molecule has 0 saturated carbocycles. The molecule has 0 bridgehead atoms. The van der Waals surface area contributed by atoms with Crippen LogP contribution in [-0.4, -0.2) is 19.3 Å². The third-order valence-electron chi connectivity index (χ3n) is 5.20. The van der Waals surface area contributed by atoms with E-state index in [1.165, 1.54) is 19.2 Å². The molecule has 2 aromatic carbocycles. The lowest BCUT2D eigenvalue weighted by molar-refractivity contribution is -0.138. The Balaban J connectivity index is 1.74. The summed E-state index contributed by atoms with van der Waals surface area (Å²) in [6.07, 6.45) is -3.97. The maximum atomic E-state index is 14.8. The number of pyridine rings is 1. The highest BCUT2D eigenvalue weighted by Crippen LogP contribution is 2.37. The molecule has 2 aromatic heterocycles. The number of H-pyrrole nitrogens is 1. The number of aromatic amines is 1. The minimum atomic E-state index is -4.90. The number of benzene rings is 2. The van der Waals surface area contributed by atoms with Gasteiger partial charge in [-0.05, 0) is 30.7 Å². The van der Waals surface area contributed by atoms with E-state index in [1.54, 1.807) is 18.2 Å². The molecule has 11 heteroatoms. The highest BCUT2D eigenvalue weighted by molar-refractivity contribution is 5.65. The molecule has 176 valence electrons. The molecule has 0 aliphatic heterocycles. The van der Waals surface area contributed by atoms with Gasteiger partial charge in [-0.25, -0.2) is 14.3 Å². The number of rotatable bonds is 5. The normalized spacial score (nSPS) is 11.6. The lowest BCUT2D eigenvalue weighted by Gasteiger charge is -2.16. The number of hydrogen-bond acceptors (Lipinski definition) is 4. The SMILES string of the molecule is Cc1cccc(-c2ccc(Oc3c(C(F)(F)F)ccn(Cc4n[nH]c(=O)n4C)c3=O)cc2F)c1. The zero-order valence-electron chi connectivity index (χ0n) is 18.0. The van der Waals surface area contributed by atoms with E-state index in [9.17, 15) is 27.2 Å². The van der Waals surface area contributed by atoms with Crippen molar-refractivity contribution in [2.45, 2.75) is 19.6 Å². The van der Waals surface area contributed by atoms with Crippen LogP contribution in [-0.2, 0) is 19.8 Å². The Bertz CT molecular complexity index is 1480. The Morgan fingerprint density at radius 2 is 1.85 bits per heavy atom. The molecule has 2 heterocycles. The molecule has 0 spiro atoms. The van der Waals surface area contributed by atoms with E-state index < -0.39 is 34.6 Å². The Hall–Kier alpha value is -4.15. The predicted molar refractivity (Wildman–Crippen MR) is 115 cm³/mol. The zero-order chi connectivity index (χ0) is 24.6. The molecule has 0 radical (unpaired) electrons. The molecule has 0 unspecified atom stereocenters. The fraction of sp³-hybridized carbons (Fsp3) is 0.174. The summed E-state index contributed by atoms with van der Waals surface area (Å²) in [5.41, 5.74) is -1.24. The number of halogens is 4. The quantitative estimate of drug-likeness (QED) is 0.439. The van der Waals surface area contributed by atoms with Crippen molar-refractivity contribution in [1.29, 1.82) is 0 Å². The van der Waals surface area contributed by atoms with E-state index in [1.807, 2.05) is 13.0 Å². The number of ether oxygens (including phenoxy) is 1. The number of nitrogens with one attached hydrogen (secondary N) is 1. The van der Waals surface area contributed by atoms with Crippen molar-refractivity contribution in [2.24, 2.45) is 7.05 Å². The molecule has 7 nitrogen and oxygen atoms in total. The van der Waals surface area contributed by atoms with E-state index in [4.69, 9.17) is 4.74 Å². The number of nitrogens with zero attached hydrogens (tertiary/aromatic N) is 3. The summed E-state index contributed by atoms with van der Waals surface area (Å²) in [5, 5.41) is 5.93. The largest absolute Gasteiger partial charge is 0.451 e. The van der Waals surface area contributed by atoms with Crippen LogP contribution in [0.15, 0.2) is 64.3 Å². The average molecular weight is 474 g/mol. The van der Waals surface area contributed by atoms with Gasteiger partial charge >= 0.3 is 11.9 Å². The number of aromatic nitrogens is 4. The third-order valence-corrected chi connectivity index (χ3v) is 5.20. The van der Waals surface area contributed by atoms with E-state index >= 15 is 0 Å². The highest BCUT2D eigenvalue weighted by atomic mass is 19.4. The summed E-state index contributed by atoms with van der Waals surface area (Å²) in [6, 6.07) is 11.3. The summed E-state index contributed by atoms with van der Waals surface area (Å²) < 4.78 is 62.9. The van der Waals surface area contributed by atoms with Crippen molar-refractivity contribution < 1.29 is 22.3 Å². The number of alkyl halides is 3. The summed E-state index contributed by atoms with van der Waals surface area (Å²) in [6.45, 7) is 1.56. The van der Waals surface area contributed by atoms with Gasteiger partial charge in [0.2, 0.25) is 5.75 Å². The van der Waals surface area contributed by atoms with Gasteiger partial charge < -0.3 is 9.30 Å². The monoisotopic (exact) mass is 474 g/mol. The fourth-order valence-electron chi connectivity index (χ4n) is 3.40. The third kappa shape index (κ3) is 4.49. The first-order valence-electron chi connectivity index (χ1n) is 10.00. The molecule has 0 aliphatic carbocycles. The second-order valence-corrected chi connectivity index (χ2v) is 7.61. The maximum absolute atomic E-state index is 14.8. The van der Waals surface area contributed by atoms with Crippen LogP contribution < -0.4 is 16.0 Å². The zero-order valence-corrected chi connectivity index (χ0v) is 18.0. The molecular weight excluding hydrogens is 456 g/mol. The molecule has 0 aliphatic rings. The fourth-order valence-corrected chi connectivity index (χ4v) is 3.40. The van der Waals surface area contributed by atoms with Gasteiger partial charge in [0.15, 0.2) is 5.82 Å². The first kappa shape index (κ1) is 23.0. The Kier molecular flexibility index (Phi) is 5.86.